The van der Waals surface area contributed by atoms with E-state index < -0.39 is 10.0 Å². The molecule has 0 saturated carbocycles. The van der Waals surface area contributed by atoms with Crippen molar-refractivity contribution in [1.82, 2.24) is 5.32 Å². The predicted octanol–water partition coefficient (Wildman–Crippen LogP) is 4.02. The van der Waals surface area contributed by atoms with Gasteiger partial charge in [0.25, 0.3) is 10.0 Å². The van der Waals surface area contributed by atoms with Gasteiger partial charge in [-0.15, -0.1) is 0 Å². The van der Waals surface area contributed by atoms with Crippen LogP contribution in [0.15, 0.2) is 89.8 Å². The molecule has 144 valence electrons. The van der Waals surface area contributed by atoms with Gasteiger partial charge >= 0.3 is 0 Å². The maximum Gasteiger partial charge on any atom is 0.261 e. The van der Waals surface area contributed by atoms with E-state index in [-0.39, 0.29) is 4.90 Å². The molecule has 0 fully saturated rings. The molecule has 0 aromatic heterocycles. The fourth-order valence-electron chi connectivity index (χ4n) is 2.60. The molecule has 7 heteroatoms. The zero-order valence-electron chi connectivity index (χ0n) is 15.1. The van der Waals surface area contributed by atoms with E-state index in [1.54, 1.807) is 48.5 Å². The van der Waals surface area contributed by atoms with Crippen molar-refractivity contribution in [3.8, 4) is 0 Å². The second kappa shape index (κ2) is 9.34. The lowest BCUT2D eigenvalue weighted by Gasteiger charge is -2.12. The Morgan fingerprint density at radius 2 is 1.46 bits per heavy atom. The van der Waals surface area contributed by atoms with Gasteiger partial charge in [-0.05, 0) is 54.5 Å². The third-order valence-electron chi connectivity index (χ3n) is 3.97. The van der Waals surface area contributed by atoms with Gasteiger partial charge in [0, 0.05) is 17.9 Å². The summed E-state index contributed by atoms with van der Waals surface area (Å²) in [5, 5.41) is 6.61. The number of hydrogen-bond donors (Lipinski definition) is 3. The molecule has 3 aromatic rings. The highest BCUT2D eigenvalue weighted by molar-refractivity contribution is 7.92. The second-order valence-electron chi connectivity index (χ2n) is 6.12. The third-order valence-corrected chi connectivity index (χ3v) is 5.60. The molecule has 0 aliphatic rings. The van der Waals surface area contributed by atoms with Crippen LogP contribution in [0.25, 0.3) is 0 Å². The number of benzene rings is 3. The van der Waals surface area contributed by atoms with Crippen LogP contribution in [-0.4, -0.2) is 20.1 Å². The summed E-state index contributed by atoms with van der Waals surface area (Å²) in [6.45, 7) is 0.684. The minimum absolute atomic E-state index is 0.161. The van der Waals surface area contributed by atoms with E-state index >= 15 is 0 Å². The lowest BCUT2D eigenvalue weighted by molar-refractivity contribution is 0.601. The molecule has 0 spiro atoms. The van der Waals surface area contributed by atoms with Crippen LogP contribution in [0, 0.1) is 0 Å². The van der Waals surface area contributed by atoms with Gasteiger partial charge in [0.2, 0.25) is 0 Å². The predicted molar refractivity (Wildman–Crippen MR) is 118 cm³/mol. The topological polar surface area (TPSA) is 70.2 Å². The van der Waals surface area contributed by atoms with E-state index in [1.165, 1.54) is 5.56 Å². The summed E-state index contributed by atoms with van der Waals surface area (Å²) in [5.41, 5.74) is 2.34. The highest BCUT2D eigenvalue weighted by Gasteiger charge is 2.14. The van der Waals surface area contributed by atoms with E-state index in [0.717, 1.165) is 6.42 Å². The first-order valence-electron chi connectivity index (χ1n) is 8.80. The number of para-hydroxylation sites is 1. The molecule has 3 N–H and O–H groups in total. The van der Waals surface area contributed by atoms with Crippen molar-refractivity contribution in [2.45, 2.75) is 11.3 Å². The van der Waals surface area contributed by atoms with Crippen molar-refractivity contribution in [3.05, 3.63) is 90.5 Å². The molecule has 0 saturated heterocycles. The van der Waals surface area contributed by atoms with Crippen molar-refractivity contribution >= 4 is 38.7 Å². The average Bonchev–Trinajstić information content (AvgIpc) is 2.69. The fraction of sp³-hybridized carbons (Fsp3) is 0.0952. The number of sulfonamides is 1. The van der Waals surface area contributed by atoms with Gasteiger partial charge in [0.15, 0.2) is 5.11 Å². The molecule has 0 heterocycles. The largest absolute Gasteiger partial charge is 0.362 e. The Morgan fingerprint density at radius 1 is 0.821 bits per heavy atom. The van der Waals surface area contributed by atoms with Gasteiger partial charge in [-0.1, -0.05) is 54.6 Å². The van der Waals surface area contributed by atoms with Gasteiger partial charge in [-0.2, -0.15) is 0 Å². The van der Waals surface area contributed by atoms with Gasteiger partial charge in [-0.3, -0.25) is 4.72 Å². The van der Waals surface area contributed by atoms with Crippen LogP contribution in [0.1, 0.15) is 5.56 Å². The lowest BCUT2D eigenvalue weighted by atomic mass is 10.1. The van der Waals surface area contributed by atoms with E-state index in [0.29, 0.717) is 23.0 Å². The zero-order chi connectivity index (χ0) is 19.8. The minimum Gasteiger partial charge on any atom is -0.362 e. The van der Waals surface area contributed by atoms with Crippen molar-refractivity contribution in [1.29, 1.82) is 0 Å². The molecule has 0 radical (unpaired) electrons. The van der Waals surface area contributed by atoms with E-state index in [1.807, 2.05) is 24.3 Å². The van der Waals surface area contributed by atoms with Crippen LogP contribution in [0.2, 0.25) is 0 Å². The molecular weight excluding hydrogens is 390 g/mol. The summed E-state index contributed by atoms with van der Waals surface area (Å²) >= 11 is 5.31. The van der Waals surface area contributed by atoms with E-state index in [9.17, 15) is 8.42 Å². The molecular formula is C21H21N3O2S2. The Balaban J connectivity index is 1.58. The highest BCUT2D eigenvalue weighted by Crippen LogP contribution is 2.19. The molecule has 3 aromatic carbocycles. The molecule has 0 unspecified atom stereocenters. The molecule has 0 aliphatic carbocycles. The zero-order valence-corrected chi connectivity index (χ0v) is 16.8. The number of thiocarbonyl (C=S) groups is 1. The smallest absolute Gasteiger partial charge is 0.261 e. The quantitative estimate of drug-likeness (QED) is 0.513. The Labute approximate surface area is 170 Å². The monoisotopic (exact) mass is 411 g/mol. The maximum atomic E-state index is 12.6. The molecule has 3 rings (SSSR count). The van der Waals surface area contributed by atoms with Crippen LogP contribution < -0.4 is 15.4 Å². The van der Waals surface area contributed by atoms with Gasteiger partial charge in [-0.25, -0.2) is 8.42 Å². The number of hydrogen-bond acceptors (Lipinski definition) is 3. The van der Waals surface area contributed by atoms with Crippen molar-refractivity contribution in [2.75, 3.05) is 16.6 Å². The first kappa shape index (κ1) is 19.9. The summed E-state index contributed by atoms with van der Waals surface area (Å²) in [5.74, 6) is 0. The summed E-state index contributed by atoms with van der Waals surface area (Å²) in [6, 6.07) is 25.4. The molecule has 28 heavy (non-hydrogen) atoms. The van der Waals surface area contributed by atoms with Crippen molar-refractivity contribution in [3.63, 3.8) is 0 Å². The molecule has 0 atom stereocenters. The van der Waals surface area contributed by atoms with Crippen LogP contribution in [0.5, 0.6) is 0 Å². The Hall–Kier alpha value is -2.90. The normalized spacial score (nSPS) is 10.9. The van der Waals surface area contributed by atoms with Gasteiger partial charge in [0.1, 0.15) is 0 Å². The summed E-state index contributed by atoms with van der Waals surface area (Å²) < 4.78 is 27.7. The van der Waals surface area contributed by atoms with Gasteiger partial charge < -0.3 is 10.6 Å². The average molecular weight is 412 g/mol. The number of rotatable bonds is 7. The third kappa shape index (κ3) is 5.80. The Kier molecular flexibility index (Phi) is 6.62. The first-order valence-corrected chi connectivity index (χ1v) is 10.7. The molecule has 0 aliphatic heterocycles. The summed E-state index contributed by atoms with van der Waals surface area (Å²) in [7, 11) is -3.68. The van der Waals surface area contributed by atoms with Crippen LogP contribution in [0.3, 0.4) is 0 Å². The SMILES string of the molecule is O=S(=O)(Nc1ccccc1)c1cccc(NC(=S)NCCc2ccccc2)c1. The fourth-order valence-corrected chi connectivity index (χ4v) is 3.93. The Bertz CT molecular complexity index is 1020. The standard InChI is InChI=1S/C21H21N3O2S2/c25-28(26,24-18-10-5-2-6-11-18)20-13-7-12-19(16-20)23-21(27)22-15-14-17-8-3-1-4-9-17/h1-13,16,24H,14-15H2,(H2,22,23,27). The van der Waals surface area contributed by atoms with Crippen LogP contribution >= 0.6 is 12.2 Å². The van der Waals surface area contributed by atoms with Crippen LogP contribution in [0.4, 0.5) is 11.4 Å². The van der Waals surface area contributed by atoms with Crippen LogP contribution in [-0.2, 0) is 16.4 Å². The minimum atomic E-state index is -3.68. The molecule has 0 amide bonds. The van der Waals surface area contributed by atoms with Gasteiger partial charge in [0.05, 0.1) is 4.90 Å². The van der Waals surface area contributed by atoms with Crippen molar-refractivity contribution in [2.24, 2.45) is 0 Å². The first-order chi connectivity index (χ1) is 13.5. The van der Waals surface area contributed by atoms with E-state index in [2.05, 4.69) is 27.5 Å². The second-order valence-corrected chi connectivity index (χ2v) is 8.21. The van der Waals surface area contributed by atoms with Crippen molar-refractivity contribution < 1.29 is 8.42 Å². The maximum absolute atomic E-state index is 12.6. The molecule has 5 nitrogen and oxygen atoms in total. The summed E-state index contributed by atoms with van der Waals surface area (Å²) in [6.07, 6.45) is 0.845. The lowest BCUT2D eigenvalue weighted by Crippen LogP contribution is -2.30. The number of nitrogens with one attached hydrogen (secondary N) is 3. The van der Waals surface area contributed by atoms with E-state index in [4.69, 9.17) is 12.2 Å². The number of anilines is 2. The Morgan fingerprint density at radius 3 is 2.18 bits per heavy atom. The highest BCUT2D eigenvalue weighted by atomic mass is 32.2. The molecule has 0 bridgehead atoms. The summed E-state index contributed by atoms with van der Waals surface area (Å²) in [4.78, 5) is 0.161.